The molecule has 6 heteroatoms. The third-order valence-corrected chi connectivity index (χ3v) is 10.2. The summed E-state index contributed by atoms with van der Waals surface area (Å²) in [6.07, 6.45) is 5.51. The summed E-state index contributed by atoms with van der Waals surface area (Å²) >= 11 is 0. The van der Waals surface area contributed by atoms with Gasteiger partial charge in [0.15, 0.2) is 0 Å². The molecule has 1 N–H and O–H groups in total. The van der Waals surface area contributed by atoms with Gasteiger partial charge in [0, 0.05) is 0 Å². The average Bonchev–Trinajstić information content (AvgIpc) is 3.17. The van der Waals surface area contributed by atoms with Crippen LogP contribution in [0.5, 0.6) is 0 Å². The normalized spacial score (nSPS) is 19.2. The third-order valence-electron chi connectivity index (χ3n) is 6.35. The van der Waals surface area contributed by atoms with Crippen molar-refractivity contribution in [3.63, 3.8) is 0 Å². The monoisotopic (exact) mass is 440 g/mol. The molecule has 0 amide bonds. The van der Waals surface area contributed by atoms with E-state index in [0.717, 1.165) is 55.5 Å². The minimum absolute atomic E-state index is 0.165. The molecule has 0 spiro atoms. The molecule has 0 radical (unpaired) electrons. The van der Waals surface area contributed by atoms with Gasteiger partial charge >= 0.3 is 186 Å². The van der Waals surface area contributed by atoms with Crippen molar-refractivity contribution in [2.45, 2.75) is 45.4 Å². The number of anilines is 2. The van der Waals surface area contributed by atoms with E-state index in [1.807, 2.05) is 43.3 Å². The first-order valence-corrected chi connectivity index (χ1v) is 13.2. The zero-order valence-electron chi connectivity index (χ0n) is 18.3. The summed E-state index contributed by atoms with van der Waals surface area (Å²) in [5.74, 6) is -0.246. The predicted molar refractivity (Wildman–Crippen MR) is 129 cm³/mol. The van der Waals surface area contributed by atoms with Crippen LogP contribution in [0.3, 0.4) is 0 Å². The van der Waals surface area contributed by atoms with Crippen molar-refractivity contribution in [1.82, 2.24) is 0 Å². The molecular formula is C25H33N2O3P. The van der Waals surface area contributed by atoms with E-state index in [2.05, 4.69) is 33.6 Å². The molecule has 2 aromatic rings. The van der Waals surface area contributed by atoms with Gasteiger partial charge in [-0.25, -0.2) is 0 Å². The Morgan fingerprint density at radius 1 is 0.903 bits per heavy atom. The van der Waals surface area contributed by atoms with E-state index in [1.54, 1.807) is 0 Å². The molecule has 0 atom stereocenters. The number of esters is 1. The number of ether oxygens (including phenoxy) is 1. The first kappa shape index (κ1) is 21.9. The molecule has 4 rings (SSSR count). The molecular weight excluding hydrogens is 407 g/mol. The standard InChI is InChI=1S/C25H33N2O3P/c1-2-30-25(28)20-24(21-12-6-3-7-13-21)31(29)26(22-14-8-4-9-15-22)18-19-27(31)23-16-10-5-11-17-23/h4-5,8-11,14-17,29,31H,2-3,6-7,12-13,18-20H2,1H3. The van der Waals surface area contributed by atoms with Crippen LogP contribution in [0.2, 0.25) is 0 Å². The van der Waals surface area contributed by atoms with Gasteiger partial charge in [-0.15, -0.1) is 0 Å². The molecule has 166 valence electrons. The number of carbonyl (C=O) groups excluding carboxylic acids is 1. The zero-order valence-corrected chi connectivity index (χ0v) is 19.3. The fourth-order valence-corrected chi connectivity index (χ4v) is 8.83. The van der Waals surface area contributed by atoms with Crippen molar-refractivity contribution in [2.75, 3.05) is 29.0 Å². The second-order valence-electron chi connectivity index (χ2n) is 8.23. The fraction of sp³-hybridized carbons (Fsp3) is 0.400. The van der Waals surface area contributed by atoms with Crippen molar-refractivity contribution < 1.29 is 14.4 Å². The maximum atomic E-state index is 12.7. The van der Waals surface area contributed by atoms with Gasteiger partial charge in [0.25, 0.3) is 0 Å². The number of hydrogen-bond acceptors (Lipinski definition) is 5. The van der Waals surface area contributed by atoms with E-state index >= 15 is 0 Å². The molecule has 2 aromatic carbocycles. The molecule has 1 aliphatic heterocycles. The SMILES string of the molecule is CCOC(=O)CC(=C1CCCCC1)[PH]1(O)N(c2ccccc2)CCN1c1ccccc1. The molecule has 0 bridgehead atoms. The molecule has 5 nitrogen and oxygen atoms in total. The van der Waals surface area contributed by atoms with Crippen LogP contribution in [0.1, 0.15) is 45.4 Å². The number of carbonyl (C=O) groups is 1. The van der Waals surface area contributed by atoms with Crippen molar-refractivity contribution in [3.8, 4) is 0 Å². The van der Waals surface area contributed by atoms with E-state index in [4.69, 9.17) is 4.74 Å². The van der Waals surface area contributed by atoms with Gasteiger partial charge in [0.05, 0.1) is 0 Å². The first-order chi connectivity index (χ1) is 15.1. The summed E-state index contributed by atoms with van der Waals surface area (Å²) < 4.78 is 9.70. The van der Waals surface area contributed by atoms with E-state index < -0.39 is 7.79 Å². The van der Waals surface area contributed by atoms with E-state index in [0.29, 0.717) is 6.61 Å². The van der Waals surface area contributed by atoms with Crippen LogP contribution in [0, 0.1) is 0 Å². The van der Waals surface area contributed by atoms with Gasteiger partial charge in [-0.1, -0.05) is 0 Å². The Kier molecular flexibility index (Phi) is 6.94. The molecule has 0 unspecified atom stereocenters. The Morgan fingerprint density at radius 2 is 1.42 bits per heavy atom. The number of nitrogens with zero attached hydrogens (tertiary/aromatic N) is 2. The Hall–Kier alpha value is -2.36. The molecule has 0 aromatic heterocycles. The van der Waals surface area contributed by atoms with Crippen molar-refractivity contribution >= 4 is 25.1 Å². The predicted octanol–water partition coefficient (Wildman–Crippen LogP) is 5.67. The second kappa shape index (κ2) is 9.84. The molecule has 1 aliphatic carbocycles. The summed E-state index contributed by atoms with van der Waals surface area (Å²) in [5, 5.41) is 0.927. The third kappa shape index (κ3) is 4.49. The Bertz CT molecular complexity index is 861. The van der Waals surface area contributed by atoms with Crippen LogP contribution < -0.4 is 9.34 Å². The van der Waals surface area contributed by atoms with Crippen LogP contribution in [0.25, 0.3) is 0 Å². The Balaban J connectivity index is 1.85. The van der Waals surface area contributed by atoms with Gasteiger partial charge < -0.3 is 0 Å². The molecule has 2 aliphatic rings. The maximum absolute atomic E-state index is 12.7. The van der Waals surface area contributed by atoms with Crippen LogP contribution in [-0.4, -0.2) is 30.6 Å². The van der Waals surface area contributed by atoms with Gasteiger partial charge in [0.1, 0.15) is 0 Å². The van der Waals surface area contributed by atoms with E-state index in [-0.39, 0.29) is 12.4 Å². The summed E-state index contributed by atoms with van der Waals surface area (Å²) in [5.41, 5.74) is 3.28. The molecule has 31 heavy (non-hydrogen) atoms. The van der Waals surface area contributed by atoms with Crippen LogP contribution in [0.4, 0.5) is 11.4 Å². The van der Waals surface area contributed by atoms with Gasteiger partial charge in [0.2, 0.25) is 0 Å². The van der Waals surface area contributed by atoms with Gasteiger partial charge in [-0.2, -0.15) is 0 Å². The molecule has 2 fully saturated rings. The molecule has 1 saturated heterocycles. The summed E-state index contributed by atoms with van der Waals surface area (Å²) in [4.78, 5) is 25.4. The van der Waals surface area contributed by atoms with E-state index in [1.165, 1.54) is 12.0 Å². The Morgan fingerprint density at radius 3 is 1.90 bits per heavy atom. The number of allylic oxidation sites excluding steroid dienone is 1. The van der Waals surface area contributed by atoms with Gasteiger partial charge in [-0.3, -0.25) is 0 Å². The van der Waals surface area contributed by atoms with Crippen molar-refractivity contribution in [1.29, 1.82) is 0 Å². The number of para-hydroxylation sites is 2. The topological polar surface area (TPSA) is 53.0 Å². The van der Waals surface area contributed by atoms with Gasteiger partial charge in [-0.05, 0) is 0 Å². The molecule has 1 saturated carbocycles. The number of rotatable bonds is 6. The summed E-state index contributed by atoms with van der Waals surface area (Å²) in [7, 11) is -3.39. The summed E-state index contributed by atoms with van der Waals surface area (Å²) in [6, 6.07) is 20.2. The zero-order chi connectivity index (χ0) is 21.7. The van der Waals surface area contributed by atoms with Crippen LogP contribution in [-0.2, 0) is 9.53 Å². The number of hydrogen-bond donors (Lipinski definition) is 1. The average molecular weight is 441 g/mol. The Labute approximate surface area is 185 Å². The quantitative estimate of drug-likeness (QED) is 0.463. The minimum atomic E-state index is -3.39. The molecule has 1 heterocycles. The summed E-state index contributed by atoms with van der Waals surface area (Å²) in [6.45, 7) is 3.63. The van der Waals surface area contributed by atoms with E-state index in [9.17, 15) is 9.69 Å². The fourth-order valence-electron chi connectivity index (χ4n) is 4.93. The number of benzene rings is 2. The van der Waals surface area contributed by atoms with Crippen molar-refractivity contribution in [2.24, 2.45) is 0 Å². The van der Waals surface area contributed by atoms with Crippen LogP contribution >= 0.6 is 7.79 Å². The first-order valence-electron chi connectivity index (χ1n) is 11.4. The van der Waals surface area contributed by atoms with Crippen molar-refractivity contribution in [3.05, 3.63) is 71.6 Å². The van der Waals surface area contributed by atoms with Crippen LogP contribution in [0.15, 0.2) is 71.6 Å². The second-order valence-corrected chi connectivity index (χ2v) is 11.2.